The van der Waals surface area contributed by atoms with E-state index in [2.05, 4.69) is 193 Å². The zero-order valence-electron chi connectivity index (χ0n) is 30.8. The van der Waals surface area contributed by atoms with Crippen LogP contribution in [-0.2, 0) is 0 Å². The van der Waals surface area contributed by atoms with Crippen molar-refractivity contribution in [2.75, 3.05) is 4.90 Å². The molecule has 12 aromatic rings. The molecule has 3 heteroatoms. The lowest BCUT2D eigenvalue weighted by Crippen LogP contribution is -2.10. The highest BCUT2D eigenvalue weighted by Gasteiger charge is 2.23. The van der Waals surface area contributed by atoms with Crippen LogP contribution in [0.5, 0.6) is 0 Å². The number of para-hydroxylation sites is 1. The van der Waals surface area contributed by atoms with Crippen LogP contribution in [0.1, 0.15) is 0 Å². The molecule has 266 valence electrons. The first-order valence-electron chi connectivity index (χ1n) is 19.4. The van der Waals surface area contributed by atoms with Crippen LogP contribution in [0.3, 0.4) is 0 Å². The molecule has 0 saturated heterocycles. The maximum atomic E-state index is 6.70. The predicted molar refractivity (Wildman–Crippen MR) is 239 cm³/mol. The van der Waals surface area contributed by atoms with Crippen molar-refractivity contribution in [3.05, 3.63) is 200 Å². The minimum atomic E-state index is 0.848. The van der Waals surface area contributed by atoms with E-state index in [-0.39, 0.29) is 0 Å². The summed E-state index contributed by atoms with van der Waals surface area (Å²) in [5.41, 5.74) is 11.4. The van der Waals surface area contributed by atoms with Gasteiger partial charge in [-0.15, -0.1) is 0 Å². The monoisotopic (exact) mass is 727 g/mol. The maximum Gasteiger partial charge on any atom is 0.143 e. The second-order valence-electron chi connectivity index (χ2n) is 14.8. The number of benzene rings is 10. The molecule has 0 N–H and O–H groups in total. The minimum absolute atomic E-state index is 0.848. The lowest BCUT2D eigenvalue weighted by Gasteiger charge is -2.26. The summed E-state index contributed by atoms with van der Waals surface area (Å²) in [6.45, 7) is 0. The molecule has 0 amide bonds. The van der Waals surface area contributed by atoms with Gasteiger partial charge in [-0.25, -0.2) is 0 Å². The van der Waals surface area contributed by atoms with Crippen LogP contribution in [0.15, 0.2) is 209 Å². The Labute approximate surface area is 328 Å². The van der Waals surface area contributed by atoms with E-state index in [1.54, 1.807) is 0 Å². The topological polar surface area (TPSA) is 29.5 Å². The summed E-state index contributed by atoms with van der Waals surface area (Å²) in [5.74, 6) is 0. The maximum absolute atomic E-state index is 6.70. The molecule has 0 aliphatic heterocycles. The van der Waals surface area contributed by atoms with Crippen molar-refractivity contribution in [1.29, 1.82) is 0 Å². The third-order valence-corrected chi connectivity index (χ3v) is 11.6. The van der Waals surface area contributed by atoms with E-state index in [4.69, 9.17) is 8.83 Å². The van der Waals surface area contributed by atoms with Crippen molar-refractivity contribution in [3.8, 4) is 22.3 Å². The smallest absolute Gasteiger partial charge is 0.143 e. The van der Waals surface area contributed by atoms with E-state index >= 15 is 0 Å². The van der Waals surface area contributed by atoms with Gasteiger partial charge in [-0.2, -0.15) is 0 Å². The average Bonchev–Trinajstić information content (AvgIpc) is 3.86. The van der Waals surface area contributed by atoms with Crippen molar-refractivity contribution in [2.24, 2.45) is 0 Å². The summed E-state index contributed by atoms with van der Waals surface area (Å²) in [7, 11) is 0. The molecule has 3 nitrogen and oxygen atoms in total. The summed E-state index contributed by atoms with van der Waals surface area (Å²) >= 11 is 0. The summed E-state index contributed by atoms with van der Waals surface area (Å²) in [6.07, 6.45) is 0. The molecular weight excluding hydrogens is 695 g/mol. The number of nitrogens with zero attached hydrogens (tertiary/aromatic N) is 1. The normalized spacial score (nSPS) is 11.9. The molecule has 0 fully saturated rings. The fraction of sp³-hybridized carbons (Fsp3) is 0. The Balaban J connectivity index is 1.11. The van der Waals surface area contributed by atoms with Gasteiger partial charge in [0, 0.05) is 39.0 Å². The lowest BCUT2D eigenvalue weighted by atomic mass is 9.85. The Bertz CT molecular complexity index is 3520. The van der Waals surface area contributed by atoms with Gasteiger partial charge in [0.05, 0.1) is 11.1 Å². The van der Waals surface area contributed by atoms with Crippen molar-refractivity contribution in [3.63, 3.8) is 0 Å². The highest BCUT2D eigenvalue weighted by Crippen LogP contribution is 2.48. The fourth-order valence-electron chi connectivity index (χ4n) is 9.13. The van der Waals surface area contributed by atoms with Gasteiger partial charge >= 0.3 is 0 Å². The second-order valence-corrected chi connectivity index (χ2v) is 14.8. The molecule has 57 heavy (non-hydrogen) atoms. The van der Waals surface area contributed by atoms with E-state index < -0.39 is 0 Å². The van der Waals surface area contributed by atoms with Crippen LogP contribution in [0.25, 0.3) is 98.4 Å². The zero-order valence-corrected chi connectivity index (χ0v) is 30.8. The van der Waals surface area contributed by atoms with Gasteiger partial charge in [0.25, 0.3) is 0 Å². The average molecular weight is 728 g/mol. The molecule has 0 aliphatic carbocycles. The van der Waals surface area contributed by atoms with E-state index in [9.17, 15) is 0 Å². The third kappa shape index (κ3) is 4.86. The molecule has 0 spiro atoms. The third-order valence-electron chi connectivity index (χ3n) is 11.6. The van der Waals surface area contributed by atoms with Gasteiger partial charge in [0.1, 0.15) is 22.3 Å². The molecule has 0 aliphatic rings. The number of hydrogen-bond donors (Lipinski definition) is 0. The minimum Gasteiger partial charge on any atom is -0.456 e. The van der Waals surface area contributed by atoms with Crippen molar-refractivity contribution in [2.45, 2.75) is 0 Å². The van der Waals surface area contributed by atoms with E-state index in [0.717, 1.165) is 77.3 Å². The summed E-state index contributed by atoms with van der Waals surface area (Å²) in [6, 6.07) is 71.5. The van der Waals surface area contributed by atoms with Gasteiger partial charge in [-0.3, -0.25) is 0 Å². The second kappa shape index (κ2) is 12.5. The Morgan fingerprint density at radius 1 is 0.316 bits per heavy atom. The Morgan fingerprint density at radius 3 is 1.63 bits per heavy atom. The summed E-state index contributed by atoms with van der Waals surface area (Å²) in [4.78, 5) is 2.35. The van der Waals surface area contributed by atoms with E-state index in [0.29, 0.717) is 0 Å². The molecule has 0 bridgehead atoms. The zero-order chi connectivity index (χ0) is 37.5. The lowest BCUT2D eigenvalue weighted by molar-refractivity contribution is 0.669. The Morgan fingerprint density at radius 2 is 0.877 bits per heavy atom. The van der Waals surface area contributed by atoms with Crippen LogP contribution in [-0.4, -0.2) is 0 Å². The van der Waals surface area contributed by atoms with Crippen LogP contribution in [0.2, 0.25) is 0 Å². The Kier molecular flexibility index (Phi) is 6.93. The SMILES string of the molecule is c1ccc(-c2c(-c3ccc(N(c4ccc5c(c4)oc4ccccc45)c4cccc5oc6c7ccccc7ccc6c45)cc3)c3ccccc3c3ccccc23)cc1. The molecule has 10 aromatic carbocycles. The van der Waals surface area contributed by atoms with Gasteiger partial charge in [0.2, 0.25) is 0 Å². The number of hydrogen-bond acceptors (Lipinski definition) is 3. The van der Waals surface area contributed by atoms with Crippen molar-refractivity contribution >= 4 is 93.3 Å². The molecular formula is C54H33NO2. The van der Waals surface area contributed by atoms with Gasteiger partial charge < -0.3 is 13.7 Å². The van der Waals surface area contributed by atoms with Crippen molar-refractivity contribution < 1.29 is 8.83 Å². The van der Waals surface area contributed by atoms with Gasteiger partial charge in [-0.05, 0) is 97.7 Å². The summed E-state index contributed by atoms with van der Waals surface area (Å²) in [5, 5.41) is 11.6. The quantitative estimate of drug-likeness (QED) is 0.165. The predicted octanol–water partition coefficient (Wildman–Crippen LogP) is 15.7. The molecule has 0 saturated carbocycles. The fourth-order valence-corrected chi connectivity index (χ4v) is 9.13. The first-order chi connectivity index (χ1) is 28.3. The highest BCUT2D eigenvalue weighted by atomic mass is 16.3. The largest absolute Gasteiger partial charge is 0.456 e. The molecule has 2 aromatic heterocycles. The number of fused-ring (bicyclic) bond motifs is 11. The molecule has 0 radical (unpaired) electrons. The summed E-state index contributed by atoms with van der Waals surface area (Å²) < 4.78 is 13.2. The first-order valence-corrected chi connectivity index (χ1v) is 19.4. The van der Waals surface area contributed by atoms with Crippen LogP contribution >= 0.6 is 0 Å². The molecule has 0 unspecified atom stereocenters. The van der Waals surface area contributed by atoms with Crippen molar-refractivity contribution in [1.82, 2.24) is 0 Å². The van der Waals surface area contributed by atoms with Gasteiger partial charge in [-0.1, -0.05) is 146 Å². The van der Waals surface area contributed by atoms with E-state index in [1.807, 2.05) is 12.1 Å². The van der Waals surface area contributed by atoms with Crippen LogP contribution in [0.4, 0.5) is 17.1 Å². The Hall–Kier alpha value is -7.62. The number of anilines is 3. The highest BCUT2D eigenvalue weighted by molar-refractivity contribution is 6.22. The standard InChI is InChI=1S/C54H33NO2/c1-2-14-35(15-3-1)51-44-20-8-6-17-40(44)41-18-7-9-21-45(41)52(51)36-25-28-37(29-26-36)55(38-30-32-43-42-19-10-11-23-48(42)56-50(43)33-38)47-22-12-24-49-53(47)46-31-27-34-13-4-5-16-39(34)54(46)57-49/h1-33H. The van der Waals surface area contributed by atoms with E-state index in [1.165, 1.54) is 38.2 Å². The number of furan rings is 2. The molecule has 2 heterocycles. The van der Waals surface area contributed by atoms with Crippen LogP contribution < -0.4 is 4.90 Å². The molecule has 0 atom stereocenters. The molecule has 12 rings (SSSR count). The van der Waals surface area contributed by atoms with Gasteiger partial charge in [0.15, 0.2) is 0 Å². The number of rotatable bonds is 5. The van der Waals surface area contributed by atoms with Crippen LogP contribution in [0, 0.1) is 0 Å². The first kappa shape index (κ1) is 31.7.